The second-order valence-electron chi connectivity index (χ2n) is 8.62. The van der Waals surface area contributed by atoms with Crippen LogP contribution in [0.3, 0.4) is 0 Å². The van der Waals surface area contributed by atoms with Gasteiger partial charge in [-0.2, -0.15) is 0 Å². The first-order chi connectivity index (χ1) is 15.1. The Hall–Kier alpha value is -3.05. The van der Waals surface area contributed by atoms with Gasteiger partial charge in [0.25, 0.3) is 0 Å². The maximum Gasteiger partial charge on any atom is 0.227 e. The van der Waals surface area contributed by atoms with E-state index in [0.29, 0.717) is 6.42 Å². The zero-order valence-corrected chi connectivity index (χ0v) is 18.3. The monoisotopic (exact) mass is 414 g/mol. The van der Waals surface area contributed by atoms with Crippen molar-refractivity contribution in [1.82, 2.24) is 20.2 Å². The quantitative estimate of drug-likeness (QED) is 0.662. The lowest BCUT2D eigenvalue weighted by Gasteiger charge is -2.42. The van der Waals surface area contributed by atoms with Crippen molar-refractivity contribution in [2.45, 2.75) is 32.7 Å². The molecule has 3 aromatic rings. The van der Waals surface area contributed by atoms with Crippen LogP contribution in [-0.4, -0.2) is 40.9 Å². The second-order valence-corrected chi connectivity index (χ2v) is 8.62. The third-order valence-electron chi connectivity index (χ3n) is 6.27. The lowest BCUT2D eigenvalue weighted by atomic mass is 9.73. The van der Waals surface area contributed by atoms with Crippen LogP contribution >= 0.6 is 0 Å². The fourth-order valence-electron chi connectivity index (χ4n) is 4.86. The molecule has 1 aromatic heterocycles. The number of nitrogens with one attached hydrogen (secondary N) is 1. The van der Waals surface area contributed by atoms with Crippen LogP contribution in [0.4, 0.5) is 0 Å². The van der Waals surface area contributed by atoms with E-state index in [2.05, 4.69) is 63.5 Å². The Bertz CT molecular complexity index is 1040. The van der Waals surface area contributed by atoms with Gasteiger partial charge in [-0.25, -0.2) is 9.97 Å². The molecule has 0 saturated carbocycles. The number of nitrogens with zero attached hydrogens (tertiary/aromatic N) is 3. The van der Waals surface area contributed by atoms with Gasteiger partial charge in [0.2, 0.25) is 5.91 Å². The number of hydrogen-bond acceptors (Lipinski definition) is 4. The van der Waals surface area contributed by atoms with E-state index in [-0.39, 0.29) is 5.91 Å². The number of likely N-dealkylation sites (tertiary alicyclic amines) is 1. The Balaban J connectivity index is 1.63. The summed E-state index contributed by atoms with van der Waals surface area (Å²) in [5.74, 6) is 0.126. The number of aryl methyl sites for hydroxylation is 1. The van der Waals surface area contributed by atoms with Crippen molar-refractivity contribution in [2.75, 3.05) is 20.1 Å². The van der Waals surface area contributed by atoms with E-state index >= 15 is 0 Å². The molecule has 1 saturated heterocycles. The van der Waals surface area contributed by atoms with Gasteiger partial charge in [-0.05, 0) is 49.4 Å². The van der Waals surface area contributed by atoms with Gasteiger partial charge in [-0.1, -0.05) is 54.1 Å². The molecule has 1 N–H and O–H groups in total. The van der Waals surface area contributed by atoms with Crippen molar-refractivity contribution in [1.29, 1.82) is 0 Å². The summed E-state index contributed by atoms with van der Waals surface area (Å²) in [4.78, 5) is 24.0. The molecular formula is C26H30N4O. The largest absolute Gasteiger partial charge is 0.359 e. The number of aromatic nitrogens is 2. The maximum atomic E-state index is 13.2. The Morgan fingerprint density at radius 1 is 1.13 bits per heavy atom. The molecule has 1 atom stereocenters. The van der Waals surface area contributed by atoms with Crippen molar-refractivity contribution in [3.8, 4) is 11.1 Å². The van der Waals surface area contributed by atoms with Crippen molar-refractivity contribution in [3.63, 3.8) is 0 Å². The Morgan fingerprint density at radius 2 is 1.94 bits per heavy atom. The molecule has 1 fully saturated rings. The molecule has 1 amide bonds. The van der Waals surface area contributed by atoms with Crippen LogP contribution < -0.4 is 5.32 Å². The molecule has 0 unspecified atom stereocenters. The number of hydrogen-bond donors (Lipinski definition) is 1. The Labute approximate surface area is 184 Å². The zero-order chi connectivity index (χ0) is 21.7. The smallest absolute Gasteiger partial charge is 0.227 e. The van der Waals surface area contributed by atoms with E-state index in [1.165, 1.54) is 16.7 Å². The van der Waals surface area contributed by atoms with E-state index in [1.807, 2.05) is 24.5 Å². The van der Waals surface area contributed by atoms with Gasteiger partial charge >= 0.3 is 0 Å². The van der Waals surface area contributed by atoms with Crippen molar-refractivity contribution >= 4 is 5.91 Å². The highest BCUT2D eigenvalue weighted by Gasteiger charge is 2.42. The molecular weight excluding hydrogens is 384 g/mol. The summed E-state index contributed by atoms with van der Waals surface area (Å²) in [6.07, 6.45) is 7.81. The summed E-state index contributed by atoms with van der Waals surface area (Å²) in [6.45, 7) is 4.76. The highest BCUT2D eigenvalue weighted by atomic mass is 16.2. The molecule has 4 rings (SSSR count). The van der Waals surface area contributed by atoms with E-state index in [4.69, 9.17) is 0 Å². The number of carbonyl (C=O) groups is 1. The minimum Gasteiger partial charge on any atom is -0.359 e. The predicted octanol–water partition coefficient (Wildman–Crippen LogP) is 4.02. The predicted molar refractivity (Wildman–Crippen MR) is 123 cm³/mol. The molecule has 2 aromatic carbocycles. The molecule has 1 aliphatic heterocycles. The molecule has 0 aliphatic carbocycles. The van der Waals surface area contributed by atoms with Gasteiger partial charge in [0.1, 0.15) is 6.33 Å². The first kappa shape index (κ1) is 21.2. The minimum atomic E-state index is -0.456. The number of benzene rings is 2. The summed E-state index contributed by atoms with van der Waals surface area (Å²) in [7, 11) is 1.75. The molecule has 2 heterocycles. The van der Waals surface area contributed by atoms with Crippen LogP contribution in [0.1, 0.15) is 29.5 Å². The number of carbonyl (C=O) groups excluding carboxylic acids is 1. The van der Waals surface area contributed by atoms with Gasteiger partial charge in [0, 0.05) is 38.1 Å². The van der Waals surface area contributed by atoms with Gasteiger partial charge < -0.3 is 5.32 Å². The normalized spacial score (nSPS) is 19.2. The standard InChI is InChI=1S/C26H30N4O/c1-20-7-5-8-21(13-20)17-30-12-6-11-26(18-30,25(31)27-2)14-22-9-3-4-10-24(22)23-15-28-19-29-16-23/h3-5,7-10,13,15-16,19H,6,11-12,14,17-18H2,1-2H3,(H,27,31)/t26-/m1/s1. The molecule has 1 aliphatic rings. The van der Waals surface area contributed by atoms with Crippen LogP contribution in [0.5, 0.6) is 0 Å². The topological polar surface area (TPSA) is 58.1 Å². The molecule has 5 nitrogen and oxygen atoms in total. The molecule has 160 valence electrons. The first-order valence-corrected chi connectivity index (χ1v) is 10.9. The van der Waals surface area contributed by atoms with Crippen LogP contribution in [-0.2, 0) is 17.8 Å². The van der Waals surface area contributed by atoms with Crippen LogP contribution in [0.2, 0.25) is 0 Å². The molecule has 31 heavy (non-hydrogen) atoms. The van der Waals surface area contributed by atoms with Gasteiger partial charge in [0.05, 0.1) is 5.41 Å². The SMILES string of the molecule is CNC(=O)[C@@]1(Cc2ccccc2-c2cncnc2)CCCN(Cc2cccc(C)c2)C1. The zero-order valence-electron chi connectivity index (χ0n) is 18.3. The van der Waals surface area contributed by atoms with Crippen LogP contribution in [0, 0.1) is 12.3 Å². The van der Waals surface area contributed by atoms with Crippen molar-refractivity contribution in [2.24, 2.45) is 5.41 Å². The highest BCUT2D eigenvalue weighted by molar-refractivity contribution is 5.83. The summed E-state index contributed by atoms with van der Waals surface area (Å²) in [6, 6.07) is 17.0. The minimum absolute atomic E-state index is 0.126. The summed E-state index contributed by atoms with van der Waals surface area (Å²) >= 11 is 0. The number of rotatable bonds is 6. The lowest BCUT2D eigenvalue weighted by molar-refractivity contribution is -0.134. The summed E-state index contributed by atoms with van der Waals surface area (Å²) < 4.78 is 0. The average molecular weight is 415 g/mol. The first-order valence-electron chi connectivity index (χ1n) is 10.9. The lowest BCUT2D eigenvalue weighted by Crippen LogP contribution is -2.52. The second kappa shape index (κ2) is 9.40. The van der Waals surface area contributed by atoms with Gasteiger partial charge in [-0.3, -0.25) is 9.69 Å². The fraction of sp³-hybridized carbons (Fsp3) is 0.346. The highest BCUT2D eigenvalue weighted by Crippen LogP contribution is 2.37. The van der Waals surface area contributed by atoms with Gasteiger partial charge in [0.15, 0.2) is 0 Å². The van der Waals surface area contributed by atoms with Crippen LogP contribution in [0.15, 0.2) is 67.3 Å². The third kappa shape index (κ3) is 4.83. The number of piperidine rings is 1. The van der Waals surface area contributed by atoms with Crippen molar-refractivity contribution in [3.05, 3.63) is 83.9 Å². The molecule has 0 spiro atoms. The molecule has 5 heteroatoms. The van der Waals surface area contributed by atoms with E-state index < -0.39 is 5.41 Å². The van der Waals surface area contributed by atoms with Crippen molar-refractivity contribution < 1.29 is 4.79 Å². The van der Waals surface area contributed by atoms with Gasteiger partial charge in [-0.15, -0.1) is 0 Å². The Kier molecular flexibility index (Phi) is 6.42. The van der Waals surface area contributed by atoms with E-state index in [1.54, 1.807) is 13.4 Å². The van der Waals surface area contributed by atoms with E-state index in [0.717, 1.165) is 43.6 Å². The average Bonchev–Trinajstić information content (AvgIpc) is 2.80. The Morgan fingerprint density at radius 3 is 2.71 bits per heavy atom. The summed E-state index contributed by atoms with van der Waals surface area (Å²) in [5.41, 5.74) is 5.36. The fourth-order valence-corrected chi connectivity index (χ4v) is 4.86. The van der Waals surface area contributed by atoms with E-state index in [9.17, 15) is 4.79 Å². The molecule has 0 radical (unpaired) electrons. The summed E-state index contributed by atoms with van der Waals surface area (Å²) in [5, 5.41) is 2.96. The number of amides is 1. The molecule has 0 bridgehead atoms. The third-order valence-corrected chi connectivity index (χ3v) is 6.27. The van der Waals surface area contributed by atoms with Crippen LogP contribution in [0.25, 0.3) is 11.1 Å². The maximum absolute atomic E-state index is 13.2.